The Morgan fingerprint density at radius 2 is 2.04 bits per heavy atom. The minimum atomic E-state index is -0.197. The molecule has 0 spiro atoms. The summed E-state index contributed by atoms with van der Waals surface area (Å²) in [7, 11) is 0. The molecule has 0 amide bonds. The Kier molecular flexibility index (Phi) is 4.36. The summed E-state index contributed by atoms with van der Waals surface area (Å²) in [6.07, 6.45) is 1.82. The SMILES string of the molecule is C=CCn1c(C)cc(C(=O)Cn2c(CO)nc3ccccc32)c1C. The van der Waals surface area contributed by atoms with Gasteiger partial charge < -0.3 is 14.2 Å². The fraction of sp³-hybridized carbons (Fsp3) is 0.263. The molecule has 2 heterocycles. The molecule has 0 fully saturated rings. The largest absolute Gasteiger partial charge is 0.388 e. The van der Waals surface area contributed by atoms with Gasteiger partial charge in [-0.3, -0.25) is 4.79 Å². The maximum atomic E-state index is 12.8. The molecule has 0 unspecified atom stereocenters. The number of nitrogens with zero attached hydrogens (tertiary/aromatic N) is 3. The number of aliphatic hydroxyl groups excluding tert-OH is 1. The Morgan fingerprint density at radius 3 is 2.75 bits per heavy atom. The number of benzene rings is 1. The minimum Gasteiger partial charge on any atom is -0.388 e. The summed E-state index contributed by atoms with van der Waals surface area (Å²) in [4.78, 5) is 17.2. The first-order valence-electron chi connectivity index (χ1n) is 7.92. The van der Waals surface area contributed by atoms with Crippen LogP contribution >= 0.6 is 0 Å². The Balaban J connectivity index is 1.99. The number of hydrogen-bond donors (Lipinski definition) is 1. The molecular formula is C19H21N3O2. The second-order valence-corrected chi connectivity index (χ2v) is 5.87. The van der Waals surface area contributed by atoms with Crippen LogP contribution in [0.4, 0.5) is 0 Å². The van der Waals surface area contributed by atoms with Crippen molar-refractivity contribution in [2.24, 2.45) is 0 Å². The van der Waals surface area contributed by atoms with Gasteiger partial charge in [-0.1, -0.05) is 18.2 Å². The molecule has 0 atom stereocenters. The maximum absolute atomic E-state index is 12.8. The number of Topliss-reactive ketones (excluding diaryl/α,β-unsaturated/α-hetero) is 1. The van der Waals surface area contributed by atoms with E-state index in [9.17, 15) is 9.90 Å². The van der Waals surface area contributed by atoms with Crippen LogP contribution in [0.2, 0.25) is 0 Å². The summed E-state index contributed by atoms with van der Waals surface area (Å²) >= 11 is 0. The van der Waals surface area contributed by atoms with Crippen molar-refractivity contribution < 1.29 is 9.90 Å². The molecule has 24 heavy (non-hydrogen) atoms. The van der Waals surface area contributed by atoms with Crippen molar-refractivity contribution in [3.63, 3.8) is 0 Å². The molecule has 0 aliphatic carbocycles. The highest BCUT2D eigenvalue weighted by Gasteiger charge is 2.18. The molecule has 0 aliphatic rings. The van der Waals surface area contributed by atoms with Crippen molar-refractivity contribution in [2.45, 2.75) is 33.5 Å². The van der Waals surface area contributed by atoms with Gasteiger partial charge in [-0.15, -0.1) is 6.58 Å². The number of para-hydroxylation sites is 2. The van der Waals surface area contributed by atoms with Crippen LogP contribution in [-0.2, 0) is 19.7 Å². The zero-order valence-electron chi connectivity index (χ0n) is 14.0. The first-order chi connectivity index (χ1) is 11.6. The van der Waals surface area contributed by atoms with Crippen LogP contribution in [-0.4, -0.2) is 25.0 Å². The zero-order chi connectivity index (χ0) is 17.3. The molecule has 0 saturated heterocycles. The molecule has 1 N–H and O–H groups in total. The van der Waals surface area contributed by atoms with Crippen LogP contribution in [0.1, 0.15) is 27.6 Å². The van der Waals surface area contributed by atoms with Crippen LogP contribution < -0.4 is 0 Å². The first kappa shape index (κ1) is 16.2. The van der Waals surface area contributed by atoms with E-state index in [1.165, 1.54) is 0 Å². The van der Waals surface area contributed by atoms with Crippen molar-refractivity contribution in [1.82, 2.24) is 14.1 Å². The lowest BCUT2D eigenvalue weighted by molar-refractivity contribution is 0.0970. The fourth-order valence-electron chi connectivity index (χ4n) is 3.14. The number of hydrogen-bond acceptors (Lipinski definition) is 3. The zero-order valence-corrected chi connectivity index (χ0v) is 14.0. The Hall–Kier alpha value is -2.66. The summed E-state index contributed by atoms with van der Waals surface area (Å²) < 4.78 is 3.86. The summed E-state index contributed by atoms with van der Waals surface area (Å²) in [5.74, 6) is 0.515. The Labute approximate surface area is 140 Å². The van der Waals surface area contributed by atoms with E-state index < -0.39 is 0 Å². The van der Waals surface area contributed by atoms with Crippen LogP contribution in [0.3, 0.4) is 0 Å². The number of allylic oxidation sites excluding steroid dienone is 1. The van der Waals surface area contributed by atoms with Crippen molar-refractivity contribution in [2.75, 3.05) is 0 Å². The van der Waals surface area contributed by atoms with Gasteiger partial charge in [-0.05, 0) is 32.0 Å². The van der Waals surface area contributed by atoms with Crippen LogP contribution in [0.25, 0.3) is 11.0 Å². The van der Waals surface area contributed by atoms with Crippen LogP contribution in [0.5, 0.6) is 0 Å². The third-order valence-electron chi connectivity index (χ3n) is 4.36. The highest BCUT2D eigenvalue weighted by Crippen LogP contribution is 2.20. The molecule has 1 aromatic carbocycles. The monoisotopic (exact) mass is 323 g/mol. The van der Waals surface area contributed by atoms with Crippen molar-refractivity contribution >= 4 is 16.8 Å². The third kappa shape index (κ3) is 2.67. The number of ketones is 1. The summed E-state index contributed by atoms with van der Waals surface area (Å²) in [6, 6.07) is 9.51. The Morgan fingerprint density at radius 1 is 1.29 bits per heavy atom. The lowest BCUT2D eigenvalue weighted by Gasteiger charge is -2.08. The van der Waals surface area contributed by atoms with Crippen molar-refractivity contribution in [3.8, 4) is 0 Å². The molecule has 124 valence electrons. The summed E-state index contributed by atoms with van der Waals surface area (Å²) in [5.41, 5.74) is 4.32. The van der Waals surface area contributed by atoms with E-state index in [-0.39, 0.29) is 18.9 Å². The van der Waals surface area contributed by atoms with Gasteiger partial charge in [0.15, 0.2) is 5.78 Å². The molecular weight excluding hydrogens is 302 g/mol. The standard InChI is InChI=1S/C19H21N3O2/c1-4-9-21-13(2)10-15(14(21)3)18(24)11-22-17-8-6-5-7-16(17)20-19(22)12-23/h4-8,10,23H,1,9,11-12H2,2-3H3. The molecule has 5 nitrogen and oxygen atoms in total. The molecule has 0 saturated carbocycles. The minimum absolute atomic E-state index is 0.0104. The van der Waals surface area contributed by atoms with Gasteiger partial charge in [-0.2, -0.15) is 0 Å². The smallest absolute Gasteiger partial charge is 0.184 e. The van der Waals surface area contributed by atoms with Gasteiger partial charge in [-0.25, -0.2) is 4.98 Å². The number of carbonyl (C=O) groups excluding carboxylic acids is 1. The van der Waals surface area contributed by atoms with Crippen LogP contribution in [0, 0.1) is 13.8 Å². The number of aryl methyl sites for hydroxylation is 1. The average molecular weight is 323 g/mol. The predicted molar refractivity (Wildman–Crippen MR) is 94.1 cm³/mol. The highest BCUT2D eigenvalue weighted by atomic mass is 16.3. The number of carbonyl (C=O) groups is 1. The first-order valence-corrected chi connectivity index (χ1v) is 7.92. The van der Waals surface area contributed by atoms with Gasteiger partial charge in [0.25, 0.3) is 0 Å². The molecule has 3 rings (SSSR count). The van der Waals surface area contributed by atoms with E-state index in [0.717, 1.165) is 22.4 Å². The normalized spacial score (nSPS) is 11.1. The third-order valence-corrected chi connectivity index (χ3v) is 4.36. The van der Waals surface area contributed by atoms with Crippen LogP contribution in [0.15, 0.2) is 43.0 Å². The Bertz CT molecular complexity index is 918. The van der Waals surface area contributed by atoms with E-state index in [2.05, 4.69) is 16.1 Å². The fourth-order valence-corrected chi connectivity index (χ4v) is 3.14. The molecule has 0 aliphatic heterocycles. The van der Waals surface area contributed by atoms with Gasteiger partial charge in [0.2, 0.25) is 0 Å². The maximum Gasteiger partial charge on any atom is 0.184 e. The molecule has 5 heteroatoms. The van der Waals surface area contributed by atoms with Gasteiger partial charge in [0.1, 0.15) is 12.4 Å². The van der Waals surface area contributed by atoms with E-state index in [4.69, 9.17) is 0 Å². The van der Waals surface area contributed by atoms with Gasteiger partial charge in [0, 0.05) is 23.5 Å². The molecule has 0 radical (unpaired) electrons. The lowest BCUT2D eigenvalue weighted by Crippen LogP contribution is -2.14. The lowest BCUT2D eigenvalue weighted by atomic mass is 10.1. The quantitative estimate of drug-likeness (QED) is 0.560. The molecule has 3 aromatic rings. The summed E-state index contributed by atoms with van der Waals surface area (Å²) in [5, 5.41) is 9.57. The second kappa shape index (κ2) is 6.45. The number of fused-ring (bicyclic) bond motifs is 1. The van der Waals surface area contributed by atoms with Gasteiger partial charge in [0.05, 0.1) is 17.6 Å². The number of aromatic nitrogens is 3. The molecule has 2 aromatic heterocycles. The van der Waals surface area contributed by atoms with Crippen molar-refractivity contribution in [3.05, 3.63) is 65.8 Å². The highest BCUT2D eigenvalue weighted by molar-refractivity contribution is 5.98. The van der Waals surface area contributed by atoms with E-state index >= 15 is 0 Å². The second-order valence-electron chi connectivity index (χ2n) is 5.87. The van der Waals surface area contributed by atoms with Crippen molar-refractivity contribution in [1.29, 1.82) is 0 Å². The number of rotatable bonds is 6. The average Bonchev–Trinajstić information content (AvgIpc) is 3.07. The number of imidazole rings is 1. The van der Waals surface area contributed by atoms with E-state index in [1.807, 2.05) is 50.3 Å². The topological polar surface area (TPSA) is 60.0 Å². The predicted octanol–water partition coefficient (Wildman–Crippen LogP) is 3.02. The van der Waals surface area contributed by atoms with E-state index in [1.54, 1.807) is 4.57 Å². The van der Waals surface area contributed by atoms with E-state index in [0.29, 0.717) is 17.9 Å². The summed E-state index contributed by atoms with van der Waals surface area (Å²) in [6.45, 7) is 8.34. The molecule has 0 bridgehead atoms. The number of aliphatic hydroxyl groups is 1. The van der Waals surface area contributed by atoms with Gasteiger partial charge >= 0.3 is 0 Å².